The van der Waals surface area contributed by atoms with Gasteiger partial charge in [-0.05, 0) is 36.2 Å². The normalized spacial score (nSPS) is 11.2. The van der Waals surface area contributed by atoms with E-state index in [1.807, 2.05) is 0 Å². The van der Waals surface area contributed by atoms with Crippen LogP contribution >= 0.6 is 0 Å². The van der Waals surface area contributed by atoms with Gasteiger partial charge >= 0.3 is 0 Å². The maximum Gasteiger partial charge on any atom is 0.233 e. The average molecular weight is 357 g/mol. The zero-order valence-electron chi connectivity index (χ0n) is 13.2. The maximum absolute atomic E-state index is 13.1. The lowest BCUT2D eigenvalue weighted by atomic mass is 10.1. The molecule has 24 heavy (non-hydrogen) atoms. The van der Waals surface area contributed by atoms with E-state index in [0.29, 0.717) is 11.5 Å². The Bertz CT molecular complexity index is 825. The molecule has 0 atom stereocenters. The van der Waals surface area contributed by atoms with Crippen molar-refractivity contribution in [2.75, 3.05) is 24.7 Å². The van der Waals surface area contributed by atoms with E-state index < -0.39 is 21.7 Å². The third-order valence-corrected chi connectivity index (χ3v) is 4.59. The lowest BCUT2D eigenvalue weighted by Crippen LogP contribution is -2.18. The van der Waals surface area contributed by atoms with Gasteiger partial charge in [0, 0.05) is 6.07 Å². The van der Waals surface area contributed by atoms with Crippen molar-refractivity contribution in [1.82, 2.24) is 0 Å². The van der Waals surface area contributed by atoms with Gasteiger partial charge in [-0.3, -0.25) is 4.72 Å². The average Bonchev–Trinajstić information content (AvgIpc) is 2.56. The topological polar surface area (TPSA) is 64.6 Å². The molecule has 0 amide bonds. The number of anilines is 1. The number of aryl methyl sites for hydroxylation is 1. The highest BCUT2D eigenvalue weighted by Crippen LogP contribution is 2.27. The first kappa shape index (κ1) is 18.0. The van der Waals surface area contributed by atoms with Gasteiger partial charge in [0.05, 0.1) is 25.7 Å². The van der Waals surface area contributed by atoms with Crippen LogP contribution < -0.4 is 14.2 Å². The molecule has 2 aromatic rings. The van der Waals surface area contributed by atoms with Gasteiger partial charge in [-0.2, -0.15) is 0 Å². The lowest BCUT2D eigenvalue weighted by Gasteiger charge is -2.11. The minimum absolute atomic E-state index is 0.0267. The Morgan fingerprint density at radius 1 is 0.958 bits per heavy atom. The molecule has 0 saturated carbocycles. The van der Waals surface area contributed by atoms with Crippen molar-refractivity contribution in [2.45, 2.75) is 6.42 Å². The number of hydrogen-bond donors (Lipinski definition) is 1. The first-order valence-electron chi connectivity index (χ1n) is 7.01. The number of benzene rings is 2. The molecule has 0 spiro atoms. The van der Waals surface area contributed by atoms with Crippen LogP contribution in [0.3, 0.4) is 0 Å². The third kappa shape index (κ3) is 4.58. The lowest BCUT2D eigenvalue weighted by molar-refractivity contribution is 0.354. The highest BCUT2D eigenvalue weighted by atomic mass is 32.2. The molecule has 0 heterocycles. The van der Waals surface area contributed by atoms with Gasteiger partial charge in [0.15, 0.2) is 23.1 Å². The van der Waals surface area contributed by atoms with Crippen LogP contribution in [0.2, 0.25) is 0 Å². The summed E-state index contributed by atoms with van der Waals surface area (Å²) in [5, 5.41) is 0. The molecule has 0 radical (unpaired) electrons. The minimum Gasteiger partial charge on any atom is -0.493 e. The molecule has 0 aliphatic carbocycles. The molecule has 8 heteroatoms. The van der Waals surface area contributed by atoms with Crippen LogP contribution in [-0.2, 0) is 16.4 Å². The number of nitrogens with one attached hydrogen (secondary N) is 1. The first-order valence-corrected chi connectivity index (χ1v) is 8.66. The van der Waals surface area contributed by atoms with Crippen LogP contribution in [0, 0.1) is 11.6 Å². The van der Waals surface area contributed by atoms with E-state index >= 15 is 0 Å². The van der Waals surface area contributed by atoms with Crippen LogP contribution in [-0.4, -0.2) is 28.4 Å². The summed E-state index contributed by atoms with van der Waals surface area (Å²) in [7, 11) is -0.712. The number of rotatable bonds is 7. The van der Waals surface area contributed by atoms with Gasteiger partial charge < -0.3 is 9.47 Å². The van der Waals surface area contributed by atoms with Gasteiger partial charge in [-0.1, -0.05) is 6.07 Å². The molecular weight excluding hydrogens is 340 g/mol. The molecule has 0 fully saturated rings. The van der Waals surface area contributed by atoms with E-state index in [1.54, 1.807) is 18.2 Å². The highest BCUT2D eigenvalue weighted by molar-refractivity contribution is 7.92. The summed E-state index contributed by atoms with van der Waals surface area (Å²) < 4.78 is 62.6. The minimum atomic E-state index is -3.71. The van der Waals surface area contributed by atoms with Gasteiger partial charge in [-0.25, -0.2) is 17.2 Å². The molecule has 130 valence electrons. The van der Waals surface area contributed by atoms with Crippen molar-refractivity contribution >= 4 is 15.7 Å². The number of hydrogen-bond acceptors (Lipinski definition) is 4. The fourth-order valence-electron chi connectivity index (χ4n) is 2.08. The fraction of sp³-hybridized carbons (Fsp3) is 0.250. The van der Waals surface area contributed by atoms with E-state index in [-0.39, 0.29) is 17.9 Å². The van der Waals surface area contributed by atoms with Crippen molar-refractivity contribution < 1.29 is 26.7 Å². The smallest absolute Gasteiger partial charge is 0.233 e. The Morgan fingerprint density at radius 3 is 2.29 bits per heavy atom. The number of halogens is 2. The third-order valence-electron chi connectivity index (χ3n) is 3.30. The molecule has 0 aliphatic rings. The second kappa shape index (κ2) is 7.48. The predicted octanol–water partition coefficient (Wildman–Crippen LogP) is 2.97. The molecular formula is C16H17F2NO4S. The molecule has 0 saturated heterocycles. The van der Waals surface area contributed by atoms with E-state index in [0.717, 1.165) is 23.8 Å². The van der Waals surface area contributed by atoms with E-state index in [2.05, 4.69) is 4.72 Å². The highest BCUT2D eigenvalue weighted by Gasteiger charge is 2.13. The molecule has 2 aromatic carbocycles. The first-order chi connectivity index (χ1) is 11.3. The molecule has 0 unspecified atom stereocenters. The zero-order valence-corrected chi connectivity index (χ0v) is 14.0. The Hall–Kier alpha value is -2.35. The quantitative estimate of drug-likeness (QED) is 0.827. The Labute approximate surface area is 139 Å². The van der Waals surface area contributed by atoms with Gasteiger partial charge in [0.25, 0.3) is 0 Å². The summed E-state index contributed by atoms with van der Waals surface area (Å²) in [6, 6.07) is 7.92. The van der Waals surface area contributed by atoms with E-state index in [4.69, 9.17) is 9.47 Å². The monoisotopic (exact) mass is 357 g/mol. The second-order valence-electron chi connectivity index (χ2n) is 4.99. The predicted molar refractivity (Wildman–Crippen MR) is 87.0 cm³/mol. The van der Waals surface area contributed by atoms with E-state index in [1.165, 1.54) is 14.2 Å². The Balaban J connectivity index is 2.05. The van der Waals surface area contributed by atoms with Crippen LogP contribution in [0.5, 0.6) is 11.5 Å². The summed E-state index contributed by atoms with van der Waals surface area (Å²) in [4.78, 5) is 0. The van der Waals surface area contributed by atoms with Crippen molar-refractivity contribution in [2.24, 2.45) is 0 Å². The number of sulfonamides is 1. The number of methoxy groups -OCH3 is 2. The van der Waals surface area contributed by atoms with Crippen molar-refractivity contribution in [1.29, 1.82) is 0 Å². The van der Waals surface area contributed by atoms with Gasteiger partial charge in [0.1, 0.15) is 0 Å². The summed E-state index contributed by atoms with van der Waals surface area (Å²) in [6.45, 7) is 0. The van der Waals surface area contributed by atoms with E-state index in [9.17, 15) is 17.2 Å². The SMILES string of the molecule is COc1ccc(CCS(=O)(=O)Nc2ccc(F)c(F)c2)cc1OC. The zero-order chi connectivity index (χ0) is 17.7. The number of ether oxygens (including phenoxy) is 2. The molecule has 0 bridgehead atoms. The molecule has 1 N–H and O–H groups in total. The second-order valence-corrected chi connectivity index (χ2v) is 6.83. The molecule has 2 rings (SSSR count). The largest absolute Gasteiger partial charge is 0.493 e. The van der Waals surface area contributed by atoms with Crippen LogP contribution in [0.25, 0.3) is 0 Å². The summed E-state index contributed by atoms with van der Waals surface area (Å²) in [6.07, 6.45) is 0.222. The van der Waals surface area contributed by atoms with Crippen molar-refractivity contribution in [3.8, 4) is 11.5 Å². The Morgan fingerprint density at radius 2 is 1.67 bits per heavy atom. The van der Waals surface area contributed by atoms with Crippen LogP contribution in [0.15, 0.2) is 36.4 Å². The molecule has 0 aliphatic heterocycles. The maximum atomic E-state index is 13.1. The summed E-state index contributed by atoms with van der Waals surface area (Å²) in [5.74, 6) is -1.33. The van der Waals surface area contributed by atoms with Crippen molar-refractivity contribution in [3.63, 3.8) is 0 Å². The molecule has 0 aromatic heterocycles. The fourth-order valence-corrected chi connectivity index (χ4v) is 3.17. The van der Waals surface area contributed by atoms with Crippen LogP contribution in [0.4, 0.5) is 14.5 Å². The van der Waals surface area contributed by atoms with Gasteiger partial charge in [0.2, 0.25) is 10.0 Å². The summed E-state index contributed by atoms with van der Waals surface area (Å²) >= 11 is 0. The van der Waals surface area contributed by atoms with Gasteiger partial charge in [-0.15, -0.1) is 0 Å². The Kier molecular flexibility index (Phi) is 5.61. The standard InChI is InChI=1S/C16H17F2NO4S/c1-22-15-6-3-11(9-16(15)23-2)7-8-24(20,21)19-12-4-5-13(17)14(18)10-12/h3-6,9-10,19H,7-8H2,1-2H3. The summed E-state index contributed by atoms with van der Waals surface area (Å²) in [5.41, 5.74) is 0.713. The molecule has 5 nitrogen and oxygen atoms in total. The van der Waals surface area contributed by atoms with Crippen LogP contribution in [0.1, 0.15) is 5.56 Å². The van der Waals surface area contributed by atoms with Crippen molar-refractivity contribution in [3.05, 3.63) is 53.6 Å².